The van der Waals surface area contributed by atoms with E-state index in [0.717, 1.165) is 16.1 Å². The number of nitrogens with one attached hydrogen (secondary N) is 2. The fourth-order valence-corrected chi connectivity index (χ4v) is 4.24. The number of benzene rings is 2. The predicted molar refractivity (Wildman–Crippen MR) is 106 cm³/mol. The van der Waals surface area contributed by atoms with E-state index in [2.05, 4.69) is 36.0 Å². The van der Waals surface area contributed by atoms with Crippen LogP contribution in [0.15, 0.2) is 53.4 Å². The minimum absolute atomic E-state index is 0.0258. The second kappa shape index (κ2) is 7.67. The van der Waals surface area contributed by atoms with Gasteiger partial charge in [-0.15, -0.1) is 22.0 Å². The lowest BCUT2D eigenvalue weighted by Gasteiger charge is -2.13. The summed E-state index contributed by atoms with van der Waals surface area (Å²) in [7, 11) is 0. The maximum atomic E-state index is 13.0. The first-order valence-corrected chi connectivity index (χ1v) is 10.1. The monoisotopic (exact) mass is 422 g/mol. The molecule has 1 amide bonds. The van der Waals surface area contributed by atoms with Gasteiger partial charge < -0.3 is 5.32 Å². The molecule has 1 aliphatic rings. The third-order valence-corrected chi connectivity index (χ3v) is 5.79. The number of hydrogen-bond acceptors (Lipinski definition) is 7. The van der Waals surface area contributed by atoms with Crippen LogP contribution in [0.4, 0.5) is 4.39 Å². The number of carbonyl (C=O) groups is 1. The molecule has 3 heterocycles. The summed E-state index contributed by atoms with van der Waals surface area (Å²) in [6, 6.07) is 13.5. The summed E-state index contributed by atoms with van der Waals surface area (Å²) in [4.78, 5) is 18.0. The maximum absolute atomic E-state index is 13.0. The highest BCUT2D eigenvalue weighted by atomic mass is 32.2. The van der Waals surface area contributed by atoms with Gasteiger partial charge in [0.2, 0.25) is 5.82 Å². The van der Waals surface area contributed by atoms with Crippen LogP contribution in [0, 0.1) is 5.82 Å². The summed E-state index contributed by atoms with van der Waals surface area (Å²) >= 11 is 1.60. The number of aromatic nitrogens is 7. The molecule has 0 radical (unpaired) electrons. The standard InChI is InChI=1S/C19H15FN8OS/c20-12-7-5-11(6-8-12)9-16-22-17(24-23-16)19(29)21-13-10-30-15-4-2-1-3-14(15)28-18(13)25-26-27-28/h1-8,13H,9-10H2,(H,21,29)(H,22,23,24). The first kappa shape index (κ1) is 18.4. The number of halogens is 1. The van der Waals surface area contributed by atoms with Gasteiger partial charge in [0.25, 0.3) is 5.91 Å². The minimum atomic E-state index is -0.428. The Balaban J connectivity index is 1.33. The summed E-state index contributed by atoms with van der Waals surface area (Å²) in [5.41, 5.74) is 1.73. The number of H-pyrrole nitrogens is 1. The second-order valence-corrected chi connectivity index (χ2v) is 7.72. The summed E-state index contributed by atoms with van der Waals surface area (Å²) in [6.45, 7) is 0. The van der Waals surface area contributed by atoms with Gasteiger partial charge in [0.05, 0.1) is 5.69 Å². The van der Waals surface area contributed by atoms with E-state index in [9.17, 15) is 9.18 Å². The van der Waals surface area contributed by atoms with Crippen molar-refractivity contribution in [3.05, 3.63) is 77.4 Å². The molecule has 2 N–H and O–H groups in total. The SMILES string of the molecule is O=C(NC1CSc2ccccc2-n2nnnc21)c1n[nH]c(Cc2ccc(F)cc2)n1. The van der Waals surface area contributed by atoms with E-state index in [1.54, 1.807) is 28.6 Å². The molecule has 2 aromatic heterocycles. The lowest BCUT2D eigenvalue weighted by Crippen LogP contribution is -2.32. The van der Waals surface area contributed by atoms with Gasteiger partial charge >= 0.3 is 0 Å². The Morgan fingerprint density at radius 2 is 2.07 bits per heavy atom. The van der Waals surface area contributed by atoms with Crippen molar-refractivity contribution in [2.45, 2.75) is 17.4 Å². The van der Waals surface area contributed by atoms with Crippen LogP contribution in [0.3, 0.4) is 0 Å². The molecule has 9 nitrogen and oxygen atoms in total. The number of para-hydroxylation sites is 1. The normalized spacial score (nSPS) is 15.2. The predicted octanol–water partition coefficient (Wildman–Crippen LogP) is 2.09. The maximum Gasteiger partial charge on any atom is 0.291 e. The molecule has 1 atom stereocenters. The number of carbonyl (C=O) groups excluding carboxylic acids is 1. The average Bonchev–Trinajstić information content (AvgIpc) is 3.40. The van der Waals surface area contributed by atoms with Crippen molar-refractivity contribution in [2.24, 2.45) is 0 Å². The largest absolute Gasteiger partial charge is 0.338 e. The van der Waals surface area contributed by atoms with E-state index < -0.39 is 11.9 Å². The Hall–Kier alpha value is -3.60. The highest BCUT2D eigenvalue weighted by Gasteiger charge is 2.28. The van der Waals surface area contributed by atoms with Crippen LogP contribution >= 0.6 is 11.8 Å². The van der Waals surface area contributed by atoms with Crippen molar-refractivity contribution in [1.82, 2.24) is 40.7 Å². The molecule has 1 aliphatic heterocycles. The number of hydrogen-bond donors (Lipinski definition) is 2. The zero-order chi connectivity index (χ0) is 20.5. The number of nitrogens with zero attached hydrogens (tertiary/aromatic N) is 6. The van der Waals surface area contributed by atoms with Crippen molar-refractivity contribution in [3.63, 3.8) is 0 Å². The average molecular weight is 422 g/mol. The summed E-state index contributed by atoms with van der Waals surface area (Å²) < 4.78 is 14.7. The van der Waals surface area contributed by atoms with Crippen molar-refractivity contribution in [1.29, 1.82) is 0 Å². The number of amides is 1. The molecule has 0 bridgehead atoms. The van der Waals surface area contributed by atoms with Crippen LogP contribution in [0.2, 0.25) is 0 Å². The van der Waals surface area contributed by atoms with Gasteiger partial charge in [0.15, 0.2) is 5.82 Å². The molecule has 0 fully saturated rings. The quantitative estimate of drug-likeness (QED) is 0.518. The number of tetrazole rings is 1. The van der Waals surface area contributed by atoms with E-state index in [1.165, 1.54) is 12.1 Å². The van der Waals surface area contributed by atoms with Crippen LogP contribution in [-0.2, 0) is 6.42 Å². The lowest BCUT2D eigenvalue weighted by atomic mass is 10.1. The van der Waals surface area contributed by atoms with E-state index in [1.807, 2.05) is 24.3 Å². The van der Waals surface area contributed by atoms with Crippen molar-refractivity contribution >= 4 is 17.7 Å². The van der Waals surface area contributed by atoms with E-state index in [0.29, 0.717) is 23.8 Å². The Morgan fingerprint density at radius 1 is 1.23 bits per heavy atom. The highest BCUT2D eigenvalue weighted by molar-refractivity contribution is 7.99. The molecule has 0 saturated carbocycles. The zero-order valence-corrected chi connectivity index (χ0v) is 16.3. The fourth-order valence-electron chi connectivity index (χ4n) is 3.19. The molecule has 0 spiro atoms. The molecule has 0 saturated heterocycles. The molecular formula is C19H15FN8OS. The molecule has 150 valence electrons. The van der Waals surface area contributed by atoms with Gasteiger partial charge in [-0.05, 0) is 40.3 Å². The van der Waals surface area contributed by atoms with E-state index >= 15 is 0 Å². The smallest absolute Gasteiger partial charge is 0.291 e. The van der Waals surface area contributed by atoms with Gasteiger partial charge in [-0.2, -0.15) is 4.68 Å². The fraction of sp³-hybridized carbons (Fsp3) is 0.158. The van der Waals surface area contributed by atoms with Crippen molar-refractivity contribution in [3.8, 4) is 5.69 Å². The molecule has 30 heavy (non-hydrogen) atoms. The third-order valence-electron chi connectivity index (χ3n) is 4.63. The molecule has 0 aliphatic carbocycles. The lowest BCUT2D eigenvalue weighted by molar-refractivity contribution is 0.0928. The second-order valence-electron chi connectivity index (χ2n) is 6.66. The summed E-state index contributed by atoms with van der Waals surface area (Å²) in [5, 5.41) is 21.6. The van der Waals surface area contributed by atoms with Gasteiger partial charge in [0, 0.05) is 17.1 Å². The Labute approximate surface area is 174 Å². The molecule has 2 aromatic carbocycles. The van der Waals surface area contributed by atoms with Crippen molar-refractivity contribution in [2.75, 3.05) is 5.75 Å². The minimum Gasteiger partial charge on any atom is -0.338 e. The zero-order valence-electron chi connectivity index (χ0n) is 15.5. The van der Waals surface area contributed by atoms with Crippen LogP contribution in [0.1, 0.15) is 33.9 Å². The number of fused-ring (bicyclic) bond motifs is 3. The van der Waals surface area contributed by atoms with Crippen molar-refractivity contribution < 1.29 is 9.18 Å². The molecule has 1 unspecified atom stereocenters. The Morgan fingerprint density at radius 3 is 2.93 bits per heavy atom. The van der Waals surface area contributed by atoms with Gasteiger partial charge in [-0.1, -0.05) is 24.3 Å². The van der Waals surface area contributed by atoms with Crippen LogP contribution in [-0.4, -0.2) is 47.0 Å². The van der Waals surface area contributed by atoms with Crippen LogP contribution in [0.25, 0.3) is 5.69 Å². The molecule has 5 rings (SSSR count). The van der Waals surface area contributed by atoms with E-state index in [-0.39, 0.29) is 11.6 Å². The summed E-state index contributed by atoms with van der Waals surface area (Å²) in [6.07, 6.45) is 0.410. The summed E-state index contributed by atoms with van der Waals surface area (Å²) in [5.74, 6) is 0.917. The van der Waals surface area contributed by atoms with Gasteiger partial charge in [0.1, 0.15) is 17.7 Å². The van der Waals surface area contributed by atoms with Gasteiger partial charge in [-0.3, -0.25) is 9.89 Å². The Bertz CT molecular complexity index is 1210. The van der Waals surface area contributed by atoms with Crippen LogP contribution < -0.4 is 5.32 Å². The molecular weight excluding hydrogens is 407 g/mol. The molecule has 11 heteroatoms. The topological polar surface area (TPSA) is 114 Å². The highest BCUT2D eigenvalue weighted by Crippen LogP contribution is 2.33. The number of thioether (sulfide) groups is 1. The van der Waals surface area contributed by atoms with E-state index in [4.69, 9.17) is 0 Å². The first-order valence-electron chi connectivity index (χ1n) is 9.14. The van der Waals surface area contributed by atoms with Crippen LogP contribution in [0.5, 0.6) is 0 Å². The number of rotatable bonds is 4. The Kier molecular flexibility index (Phi) is 4.71. The molecule has 4 aromatic rings. The number of aromatic amines is 1. The first-order chi connectivity index (χ1) is 14.7. The van der Waals surface area contributed by atoms with Gasteiger partial charge in [-0.25, -0.2) is 9.37 Å². The third kappa shape index (κ3) is 3.54.